The van der Waals surface area contributed by atoms with E-state index in [2.05, 4.69) is 38.4 Å². The summed E-state index contributed by atoms with van der Waals surface area (Å²) in [7, 11) is 5.52. The van der Waals surface area contributed by atoms with Crippen molar-refractivity contribution in [3.05, 3.63) is 53.7 Å². The average molecular weight is 599 g/mol. The van der Waals surface area contributed by atoms with Gasteiger partial charge in [-0.1, -0.05) is 24.3 Å². The molecule has 44 heavy (non-hydrogen) atoms. The predicted octanol–water partition coefficient (Wildman–Crippen LogP) is 2.92. The molecular formula is C33H42N8O3. The number of hydrogen-bond acceptors (Lipinski definition) is 9. The summed E-state index contributed by atoms with van der Waals surface area (Å²) in [4.78, 5) is 40.4. The summed E-state index contributed by atoms with van der Waals surface area (Å²) in [6.45, 7) is 5.06. The van der Waals surface area contributed by atoms with Crippen LogP contribution in [0.15, 0.2) is 42.6 Å². The summed E-state index contributed by atoms with van der Waals surface area (Å²) in [5, 5.41) is 15.4. The van der Waals surface area contributed by atoms with Gasteiger partial charge in [-0.3, -0.25) is 9.59 Å². The number of nitrogens with one attached hydrogen (secondary N) is 2. The fourth-order valence-electron chi connectivity index (χ4n) is 5.10. The van der Waals surface area contributed by atoms with Gasteiger partial charge in [0.15, 0.2) is 0 Å². The molecule has 2 aliphatic rings. The van der Waals surface area contributed by atoms with Gasteiger partial charge in [-0.2, -0.15) is 10.2 Å². The number of benzene rings is 1. The number of anilines is 3. The summed E-state index contributed by atoms with van der Waals surface area (Å²) >= 11 is 0. The molecule has 11 nitrogen and oxygen atoms in total. The Morgan fingerprint density at radius 1 is 1.18 bits per heavy atom. The van der Waals surface area contributed by atoms with Crippen molar-refractivity contribution in [2.24, 2.45) is 5.92 Å². The number of ether oxygens (including phenoxy) is 1. The van der Waals surface area contributed by atoms with E-state index in [4.69, 9.17) is 15.0 Å². The molecular weight excluding hydrogens is 556 g/mol. The van der Waals surface area contributed by atoms with Crippen LogP contribution in [0.1, 0.15) is 43.7 Å². The molecule has 2 aromatic rings. The fourth-order valence-corrected chi connectivity index (χ4v) is 5.10. The zero-order valence-electron chi connectivity index (χ0n) is 26.0. The summed E-state index contributed by atoms with van der Waals surface area (Å²) in [6.07, 6.45) is 8.60. The van der Waals surface area contributed by atoms with Gasteiger partial charge in [-0.15, -0.1) is 0 Å². The molecule has 1 saturated carbocycles. The topological polar surface area (TPSA) is 127 Å². The highest BCUT2D eigenvalue weighted by Crippen LogP contribution is 2.26. The average Bonchev–Trinajstić information content (AvgIpc) is 3.04. The van der Waals surface area contributed by atoms with Gasteiger partial charge in [-0.25, -0.2) is 4.98 Å². The first-order valence-corrected chi connectivity index (χ1v) is 15.1. The lowest BCUT2D eigenvalue weighted by Crippen LogP contribution is -2.49. The van der Waals surface area contributed by atoms with Crippen molar-refractivity contribution in [2.75, 3.05) is 64.2 Å². The minimum absolute atomic E-state index is 0.000235. The molecule has 2 amide bonds. The molecule has 232 valence electrons. The SMILES string of the molecule is C[C@@H](C(=O)N[C@H]1CCC[C@@H](C#Cc2cnc(Nc3ccc(C#N)cc3)nc2N2CCOCC2)C1)N(C)C(=O)/C=C/CN(C)C. The fraction of sp³-hybridized carbons (Fsp3) is 0.485. The molecule has 1 aliphatic carbocycles. The van der Waals surface area contributed by atoms with Crippen LogP contribution in [0.4, 0.5) is 17.5 Å². The lowest BCUT2D eigenvalue weighted by molar-refractivity contribution is -0.135. The highest BCUT2D eigenvalue weighted by molar-refractivity contribution is 5.92. The van der Waals surface area contributed by atoms with Gasteiger partial charge >= 0.3 is 0 Å². The van der Waals surface area contributed by atoms with Crippen LogP contribution in [0.25, 0.3) is 0 Å². The summed E-state index contributed by atoms with van der Waals surface area (Å²) in [6, 6.07) is 8.67. The van der Waals surface area contributed by atoms with E-state index in [1.54, 1.807) is 38.4 Å². The van der Waals surface area contributed by atoms with Crippen LogP contribution >= 0.6 is 0 Å². The number of morpholine rings is 1. The molecule has 0 bridgehead atoms. The van der Waals surface area contributed by atoms with Crippen molar-refractivity contribution >= 4 is 29.3 Å². The van der Waals surface area contributed by atoms with Crippen LogP contribution < -0.4 is 15.5 Å². The Morgan fingerprint density at radius 2 is 1.93 bits per heavy atom. The van der Waals surface area contributed by atoms with E-state index in [9.17, 15) is 9.59 Å². The molecule has 2 heterocycles. The lowest BCUT2D eigenvalue weighted by Gasteiger charge is -2.30. The lowest BCUT2D eigenvalue weighted by atomic mass is 9.86. The molecule has 2 fully saturated rings. The van der Waals surface area contributed by atoms with Crippen molar-refractivity contribution in [1.29, 1.82) is 5.26 Å². The maximum atomic E-state index is 13.0. The number of carbonyl (C=O) groups excluding carboxylic acids is 2. The molecule has 1 saturated heterocycles. The number of aromatic nitrogens is 2. The molecule has 0 spiro atoms. The van der Waals surface area contributed by atoms with E-state index in [-0.39, 0.29) is 23.8 Å². The summed E-state index contributed by atoms with van der Waals surface area (Å²) < 4.78 is 5.55. The molecule has 4 rings (SSSR count). The van der Waals surface area contributed by atoms with Crippen molar-refractivity contribution in [3.63, 3.8) is 0 Å². The standard InChI is InChI=1S/C33H42N8O3/c1-24(40(4)30(42)9-6-16-39(2)3)32(43)36-29-8-5-7-25(21-29)10-13-27-23-35-33(37-28-14-11-26(22-34)12-15-28)38-31(27)41-17-19-44-20-18-41/h6,9,11-12,14-15,23-25,29H,5,7-8,16-21H2,1-4H3,(H,36,43)(H,35,37,38)/b9-6+/t24-,25-,29-/m0/s1. The quantitative estimate of drug-likeness (QED) is 0.331. The minimum atomic E-state index is -0.581. The van der Waals surface area contributed by atoms with E-state index in [1.165, 1.54) is 11.0 Å². The normalized spacial score (nSPS) is 19.0. The van der Waals surface area contributed by atoms with E-state index in [0.29, 0.717) is 44.4 Å². The largest absolute Gasteiger partial charge is 0.378 e. The molecule has 1 aromatic heterocycles. The Balaban J connectivity index is 1.41. The second-order valence-electron chi connectivity index (χ2n) is 11.5. The summed E-state index contributed by atoms with van der Waals surface area (Å²) in [5.41, 5.74) is 2.12. The maximum Gasteiger partial charge on any atom is 0.246 e. The van der Waals surface area contributed by atoms with Crippen molar-refractivity contribution in [2.45, 2.75) is 44.7 Å². The van der Waals surface area contributed by atoms with Crippen molar-refractivity contribution in [1.82, 2.24) is 25.1 Å². The first-order chi connectivity index (χ1) is 21.2. The third-order valence-corrected chi connectivity index (χ3v) is 7.82. The van der Waals surface area contributed by atoms with Crippen LogP contribution in [0, 0.1) is 29.1 Å². The Kier molecular flexibility index (Phi) is 11.7. The molecule has 2 N–H and O–H groups in total. The van der Waals surface area contributed by atoms with Crippen LogP contribution in [-0.2, 0) is 14.3 Å². The van der Waals surface area contributed by atoms with E-state index >= 15 is 0 Å². The molecule has 11 heteroatoms. The Hall–Kier alpha value is -4.45. The Bertz CT molecular complexity index is 1420. The zero-order chi connectivity index (χ0) is 31.5. The Labute approximate surface area is 260 Å². The number of likely N-dealkylation sites (N-methyl/N-ethyl adjacent to an activating group) is 2. The Morgan fingerprint density at radius 3 is 2.64 bits per heavy atom. The van der Waals surface area contributed by atoms with Gasteiger partial charge in [0, 0.05) is 50.4 Å². The van der Waals surface area contributed by atoms with Gasteiger partial charge in [0.25, 0.3) is 0 Å². The third kappa shape index (κ3) is 9.27. The number of amides is 2. The molecule has 0 unspecified atom stereocenters. The number of carbonyl (C=O) groups is 2. The van der Waals surface area contributed by atoms with Crippen molar-refractivity contribution in [3.8, 4) is 17.9 Å². The second-order valence-corrected chi connectivity index (χ2v) is 11.5. The predicted molar refractivity (Wildman–Crippen MR) is 170 cm³/mol. The molecule has 3 atom stereocenters. The first-order valence-electron chi connectivity index (χ1n) is 15.1. The van der Waals surface area contributed by atoms with Crippen molar-refractivity contribution < 1.29 is 14.3 Å². The van der Waals surface area contributed by atoms with Crippen LogP contribution in [0.5, 0.6) is 0 Å². The van der Waals surface area contributed by atoms with Gasteiger partial charge in [0.05, 0.1) is 36.6 Å². The van der Waals surface area contributed by atoms with Gasteiger partial charge in [0.1, 0.15) is 11.9 Å². The number of nitrogens with zero attached hydrogens (tertiary/aromatic N) is 6. The number of hydrogen-bond donors (Lipinski definition) is 2. The molecule has 1 aliphatic heterocycles. The van der Waals surface area contributed by atoms with Crippen LogP contribution in [0.2, 0.25) is 0 Å². The van der Waals surface area contributed by atoms with E-state index in [0.717, 1.165) is 42.8 Å². The summed E-state index contributed by atoms with van der Waals surface area (Å²) in [5.74, 6) is 7.76. The van der Waals surface area contributed by atoms with Crippen LogP contribution in [-0.4, -0.2) is 97.7 Å². The number of nitriles is 1. The van der Waals surface area contributed by atoms with Gasteiger partial charge < -0.3 is 30.1 Å². The minimum Gasteiger partial charge on any atom is -0.378 e. The smallest absolute Gasteiger partial charge is 0.246 e. The number of rotatable bonds is 9. The second kappa shape index (κ2) is 15.9. The van der Waals surface area contributed by atoms with E-state index < -0.39 is 6.04 Å². The first kappa shape index (κ1) is 32.5. The van der Waals surface area contributed by atoms with Gasteiger partial charge in [0.2, 0.25) is 17.8 Å². The third-order valence-electron chi connectivity index (χ3n) is 7.82. The monoisotopic (exact) mass is 598 g/mol. The highest BCUT2D eigenvalue weighted by Gasteiger charge is 2.27. The maximum absolute atomic E-state index is 13.0. The zero-order valence-corrected chi connectivity index (χ0v) is 26.0. The highest BCUT2D eigenvalue weighted by atomic mass is 16.5. The van der Waals surface area contributed by atoms with Gasteiger partial charge in [-0.05, 0) is 64.5 Å². The molecule has 0 radical (unpaired) electrons. The van der Waals surface area contributed by atoms with E-state index in [1.807, 2.05) is 31.1 Å². The molecule has 1 aromatic carbocycles. The van der Waals surface area contributed by atoms with Crippen LogP contribution in [0.3, 0.4) is 0 Å².